The summed E-state index contributed by atoms with van der Waals surface area (Å²) in [4.78, 5) is 13.8. The third kappa shape index (κ3) is 4.25. The number of nitrogens with one attached hydrogen (secondary N) is 2. The third-order valence-electron chi connectivity index (χ3n) is 4.36. The molecule has 0 unspecified atom stereocenters. The number of anilines is 3. The molecule has 0 aliphatic carbocycles. The van der Waals surface area contributed by atoms with E-state index in [0.29, 0.717) is 11.8 Å². The first kappa shape index (κ1) is 17.2. The molecule has 1 aromatic heterocycles. The van der Waals surface area contributed by atoms with E-state index in [1.54, 1.807) is 0 Å². The lowest BCUT2D eigenvalue weighted by Crippen LogP contribution is -2.45. The van der Waals surface area contributed by atoms with Crippen molar-refractivity contribution >= 4 is 27.6 Å². The molecule has 0 atom stereocenters. The summed E-state index contributed by atoms with van der Waals surface area (Å²) in [6.07, 6.45) is 1.89. The minimum absolute atomic E-state index is 0.122. The van der Waals surface area contributed by atoms with Crippen molar-refractivity contribution in [3.8, 4) is 0 Å². The molecular formula is C14H25N7O2S. The Morgan fingerprint density at radius 3 is 2.71 bits per heavy atom. The molecule has 0 saturated carbocycles. The van der Waals surface area contributed by atoms with Crippen molar-refractivity contribution in [2.75, 3.05) is 67.6 Å². The van der Waals surface area contributed by atoms with E-state index in [2.05, 4.69) is 37.4 Å². The van der Waals surface area contributed by atoms with Gasteiger partial charge in [0.25, 0.3) is 0 Å². The predicted octanol–water partition coefficient (Wildman–Crippen LogP) is -0.713. The summed E-state index contributed by atoms with van der Waals surface area (Å²) in [6.45, 7) is 4.84. The Hall–Kier alpha value is -1.65. The van der Waals surface area contributed by atoms with Crippen LogP contribution in [0.5, 0.6) is 0 Å². The van der Waals surface area contributed by atoms with Gasteiger partial charge in [0.15, 0.2) is 0 Å². The maximum absolute atomic E-state index is 11.1. The zero-order chi connectivity index (χ0) is 17.2. The fourth-order valence-electron chi connectivity index (χ4n) is 2.93. The summed E-state index contributed by atoms with van der Waals surface area (Å²) in [5.41, 5.74) is 1.02. The molecule has 134 valence electrons. The maximum atomic E-state index is 11.1. The van der Waals surface area contributed by atoms with Crippen molar-refractivity contribution in [1.29, 1.82) is 0 Å². The Balaban J connectivity index is 1.81. The Kier molecular flexibility index (Phi) is 5.07. The number of rotatable bonds is 5. The first-order valence-corrected chi connectivity index (χ1v) is 9.96. The largest absolute Gasteiger partial charge is 0.370 e. The van der Waals surface area contributed by atoms with Crippen LogP contribution in [-0.2, 0) is 16.4 Å². The van der Waals surface area contributed by atoms with Crippen molar-refractivity contribution in [3.05, 3.63) is 5.56 Å². The van der Waals surface area contributed by atoms with Gasteiger partial charge in [0.2, 0.25) is 16.0 Å². The quantitative estimate of drug-likeness (QED) is 0.634. The van der Waals surface area contributed by atoms with E-state index >= 15 is 0 Å². The second kappa shape index (κ2) is 7.08. The van der Waals surface area contributed by atoms with Crippen LogP contribution in [0.3, 0.4) is 0 Å². The van der Waals surface area contributed by atoms with Crippen LogP contribution in [-0.4, -0.2) is 75.4 Å². The Morgan fingerprint density at radius 1 is 1.25 bits per heavy atom. The lowest BCUT2D eigenvalue weighted by Gasteiger charge is -2.33. The number of nitrogens with zero attached hydrogens (tertiary/aromatic N) is 4. The number of hydrogen-bond acceptors (Lipinski definition) is 8. The highest BCUT2D eigenvalue weighted by Crippen LogP contribution is 2.28. The summed E-state index contributed by atoms with van der Waals surface area (Å²) in [7, 11) is -1.39. The van der Waals surface area contributed by atoms with Gasteiger partial charge in [-0.3, -0.25) is 0 Å². The van der Waals surface area contributed by atoms with E-state index in [4.69, 9.17) is 5.14 Å². The van der Waals surface area contributed by atoms with Crippen LogP contribution in [0.25, 0.3) is 0 Å². The minimum atomic E-state index is -3.49. The van der Waals surface area contributed by atoms with E-state index in [1.165, 1.54) is 0 Å². The van der Waals surface area contributed by atoms with E-state index in [9.17, 15) is 8.42 Å². The molecule has 3 heterocycles. The zero-order valence-electron chi connectivity index (χ0n) is 14.0. The molecule has 2 aliphatic heterocycles. The van der Waals surface area contributed by atoms with Crippen LogP contribution in [0.2, 0.25) is 0 Å². The molecule has 0 radical (unpaired) electrons. The second-order valence-corrected chi connectivity index (χ2v) is 8.05. The summed E-state index contributed by atoms with van der Waals surface area (Å²) >= 11 is 0. The average molecular weight is 355 g/mol. The van der Waals surface area contributed by atoms with Gasteiger partial charge in [-0.25, -0.2) is 13.6 Å². The molecule has 9 nitrogen and oxygen atoms in total. The topological polar surface area (TPSA) is 116 Å². The average Bonchev–Trinajstić information content (AvgIpc) is 2.54. The molecule has 0 spiro atoms. The van der Waals surface area contributed by atoms with Crippen molar-refractivity contribution < 1.29 is 8.42 Å². The van der Waals surface area contributed by atoms with Crippen molar-refractivity contribution in [2.45, 2.75) is 12.8 Å². The van der Waals surface area contributed by atoms with Gasteiger partial charge in [-0.15, -0.1) is 0 Å². The third-order valence-corrected chi connectivity index (χ3v) is 5.13. The number of nitrogens with two attached hydrogens (primary N) is 1. The highest BCUT2D eigenvalue weighted by atomic mass is 32.2. The molecule has 24 heavy (non-hydrogen) atoms. The zero-order valence-corrected chi connectivity index (χ0v) is 14.8. The number of hydrogen-bond donors (Lipinski definition) is 3. The molecule has 1 fully saturated rings. The molecular weight excluding hydrogens is 330 g/mol. The number of aromatic nitrogens is 2. The standard InChI is InChI=1S/C14H25N7O2S/c1-20-6-8-21(9-7-20)14-18-12-11(3-2-4-16-12)13(19-14)17-5-10-24(15,22)23/h2-10H2,1H3,(H2,15,22,23)(H2,16,17,18,19). The van der Waals surface area contributed by atoms with E-state index in [0.717, 1.165) is 56.9 Å². The van der Waals surface area contributed by atoms with Gasteiger partial charge in [0.05, 0.1) is 5.75 Å². The Morgan fingerprint density at radius 2 is 2.00 bits per heavy atom. The maximum Gasteiger partial charge on any atom is 0.229 e. The monoisotopic (exact) mass is 355 g/mol. The first-order chi connectivity index (χ1) is 11.4. The van der Waals surface area contributed by atoms with Crippen LogP contribution in [0.4, 0.5) is 17.6 Å². The molecule has 1 aromatic rings. The smallest absolute Gasteiger partial charge is 0.229 e. The van der Waals surface area contributed by atoms with E-state index in [1.807, 2.05) is 0 Å². The molecule has 0 amide bonds. The van der Waals surface area contributed by atoms with E-state index < -0.39 is 10.0 Å². The SMILES string of the molecule is CN1CCN(c2nc3c(c(NCCS(N)(=O)=O)n2)CCCN3)CC1. The Bertz CT molecular complexity index is 687. The highest BCUT2D eigenvalue weighted by Gasteiger charge is 2.22. The predicted molar refractivity (Wildman–Crippen MR) is 95.0 cm³/mol. The molecule has 0 bridgehead atoms. The Labute approximate surface area is 142 Å². The van der Waals surface area contributed by atoms with Crippen LogP contribution in [0.15, 0.2) is 0 Å². The first-order valence-electron chi connectivity index (χ1n) is 8.25. The lowest BCUT2D eigenvalue weighted by molar-refractivity contribution is 0.311. The summed E-state index contributed by atoms with van der Waals surface area (Å²) in [6, 6.07) is 0. The number of primary sulfonamides is 1. The molecule has 2 aliphatic rings. The van der Waals surface area contributed by atoms with Gasteiger partial charge in [0, 0.05) is 44.8 Å². The molecule has 10 heteroatoms. The van der Waals surface area contributed by atoms with Crippen LogP contribution in [0.1, 0.15) is 12.0 Å². The number of likely N-dealkylation sites (N-methyl/N-ethyl adjacent to an activating group) is 1. The molecule has 0 aromatic carbocycles. The summed E-state index contributed by atoms with van der Waals surface area (Å²) in [5.74, 6) is 2.13. The summed E-state index contributed by atoms with van der Waals surface area (Å²) in [5, 5.41) is 11.5. The lowest BCUT2D eigenvalue weighted by atomic mass is 10.1. The van der Waals surface area contributed by atoms with Crippen molar-refractivity contribution in [3.63, 3.8) is 0 Å². The van der Waals surface area contributed by atoms with Crippen molar-refractivity contribution in [2.24, 2.45) is 5.14 Å². The van der Waals surface area contributed by atoms with Gasteiger partial charge in [0.1, 0.15) is 11.6 Å². The molecule has 3 rings (SSSR count). The van der Waals surface area contributed by atoms with Gasteiger partial charge in [-0.2, -0.15) is 9.97 Å². The van der Waals surface area contributed by atoms with Gasteiger partial charge < -0.3 is 20.4 Å². The van der Waals surface area contributed by atoms with Crippen LogP contribution < -0.4 is 20.7 Å². The van der Waals surface area contributed by atoms with Gasteiger partial charge >= 0.3 is 0 Å². The highest BCUT2D eigenvalue weighted by molar-refractivity contribution is 7.89. The molecule has 1 saturated heterocycles. The number of fused-ring (bicyclic) bond motifs is 1. The second-order valence-electron chi connectivity index (χ2n) is 6.31. The number of sulfonamides is 1. The normalized spacial score (nSPS) is 18.8. The molecule has 4 N–H and O–H groups in total. The summed E-state index contributed by atoms with van der Waals surface area (Å²) < 4.78 is 22.3. The van der Waals surface area contributed by atoms with Gasteiger partial charge in [-0.05, 0) is 19.9 Å². The van der Waals surface area contributed by atoms with Crippen LogP contribution >= 0.6 is 0 Å². The fourth-order valence-corrected chi connectivity index (χ4v) is 3.32. The number of piperazine rings is 1. The minimum Gasteiger partial charge on any atom is -0.370 e. The fraction of sp³-hybridized carbons (Fsp3) is 0.714. The van der Waals surface area contributed by atoms with Gasteiger partial charge in [-0.1, -0.05) is 0 Å². The van der Waals surface area contributed by atoms with Crippen molar-refractivity contribution in [1.82, 2.24) is 14.9 Å². The van der Waals surface area contributed by atoms with E-state index in [-0.39, 0.29) is 12.3 Å². The van der Waals surface area contributed by atoms with Crippen LogP contribution in [0, 0.1) is 0 Å².